The van der Waals surface area contributed by atoms with E-state index in [2.05, 4.69) is 10.1 Å². The number of anilines is 1. The number of carbonyl (C=O) groups is 2. The summed E-state index contributed by atoms with van der Waals surface area (Å²) >= 11 is 0. The number of hydrogen-bond donors (Lipinski definition) is 1. The molecule has 1 aliphatic heterocycles. The summed E-state index contributed by atoms with van der Waals surface area (Å²) in [5.74, 6) is -0.574. The highest BCUT2D eigenvalue weighted by atomic mass is 19.4. The Bertz CT molecular complexity index is 866. The molecular formula is C18H15F3N2O4. The Balaban J connectivity index is 1.71. The lowest BCUT2D eigenvalue weighted by atomic mass is 10.1. The Morgan fingerprint density at radius 3 is 2.56 bits per heavy atom. The van der Waals surface area contributed by atoms with Gasteiger partial charge in [-0.3, -0.25) is 9.59 Å². The molecule has 0 aliphatic carbocycles. The number of nitrogens with one attached hydrogen (secondary N) is 1. The molecule has 0 atom stereocenters. The summed E-state index contributed by atoms with van der Waals surface area (Å²) in [7, 11) is 1.66. The van der Waals surface area contributed by atoms with Crippen LogP contribution in [-0.4, -0.2) is 36.7 Å². The molecule has 27 heavy (non-hydrogen) atoms. The molecule has 0 saturated carbocycles. The minimum atomic E-state index is -4.78. The van der Waals surface area contributed by atoms with Crippen LogP contribution in [0.15, 0.2) is 42.5 Å². The van der Waals surface area contributed by atoms with Gasteiger partial charge in [0.15, 0.2) is 6.61 Å². The van der Waals surface area contributed by atoms with Crippen molar-refractivity contribution in [2.24, 2.45) is 0 Å². The van der Waals surface area contributed by atoms with Gasteiger partial charge in [0, 0.05) is 30.4 Å². The fraction of sp³-hybridized carbons (Fsp3) is 0.222. The van der Waals surface area contributed by atoms with Gasteiger partial charge in [0.25, 0.3) is 11.8 Å². The molecule has 0 fully saturated rings. The third-order valence-electron chi connectivity index (χ3n) is 3.86. The summed E-state index contributed by atoms with van der Waals surface area (Å²) in [4.78, 5) is 25.6. The zero-order chi connectivity index (χ0) is 19.6. The van der Waals surface area contributed by atoms with Gasteiger partial charge in [0.2, 0.25) is 0 Å². The average molecular weight is 380 g/mol. The summed E-state index contributed by atoms with van der Waals surface area (Å²) < 4.78 is 45.7. The normalized spacial score (nSPS) is 14.1. The first-order valence-corrected chi connectivity index (χ1v) is 7.88. The van der Waals surface area contributed by atoms with Crippen molar-refractivity contribution >= 4 is 17.5 Å². The predicted molar refractivity (Wildman–Crippen MR) is 89.5 cm³/mol. The van der Waals surface area contributed by atoms with E-state index < -0.39 is 12.3 Å². The summed E-state index contributed by atoms with van der Waals surface area (Å²) in [5.41, 5.74) is 1.37. The van der Waals surface area contributed by atoms with E-state index >= 15 is 0 Å². The van der Waals surface area contributed by atoms with E-state index in [-0.39, 0.29) is 18.3 Å². The molecule has 1 N–H and O–H groups in total. The van der Waals surface area contributed by atoms with Gasteiger partial charge in [-0.05, 0) is 36.4 Å². The highest BCUT2D eigenvalue weighted by Gasteiger charge is 2.31. The number of ether oxygens (including phenoxy) is 2. The highest BCUT2D eigenvalue weighted by molar-refractivity contribution is 6.04. The van der Waals surface area contributed by atoms with Crippen molar-refractivity contribution in [3.05, 3.63) is 53.6 Å². The predicted octanol–water partition coefficient (Wildman–Crippen LogP) is 3.19. The van der Waals surface area contributed by atoms with Crippen LogP contribution in [0.5, 0.6) is 11.5 Å². The van der Waals surface area contributed by atoms with E-state index in [0.29, 0.717) is 23.5 Å². The highest BCUT2D eigenvalue weighted by Crippen LogP contribution is 2.26. The first-order valence-electron chi connectivity index (χ1n) is 7.88. The van der Waals surface area contributed by atoms with Crippen molar-refractivity contribution in [1.29, 1.82) is 0 Å². The lowest BCUT2D eigenvalue weighted by Gasteiger charge is -2.13. The van der Waals surface area contributed by atoms with Crippen molar-refractivity contribution in [3.8, 4) is 11.5 Å². The van der Waals surface area contributed by atoms with Crippen molar-refractivity contribution in [2.45, 2.75) is 12.9 Å². The lowest BCUT2D eigenvalue weighted by Crippen LogP contribution is -2.28. The quantitative estimate of drug-likeness (QED) is 0.888. The molecule has 1 aliphatic rings. The molecule has 0 bridgehead atoms. The van der Waals surface area contributed by atoms with Crippen molar-refractivity contribution in [2.75, 3.05) is 19.0 Å². The fourth-order valence-corrected chi connectivity index (χ4v) is 2.50. The van der Waals surface area contributed by atoms with Crippen LogP contribution in [0.2, 0.25) is 0 Å². The lowest BCUT2D eigenvalue weighted by molar-refractivity contribution is -0.274. The van der Waals surface area contributed by atoms with E-state index in [1.54, 1.807) is 19.2 Å². The van der Waals surface area contributed by atoms with Crippen LogP contribution in [0.25, 0.3) is 0 Å². The minimum absolute atomic E-state index is 0.116. The largest absolute Gasteiger partial charge is 0.573 e. The van der Waals surface area contributed by atoms with Gasteiger partial charge in [-0.2, -0.15) is 0 Å². The molecule has 0 saturated heterocycles. The number of nitrogens with zero attached hydrogens (tertiary/aromatic N) is 1. The molecule has 9 heteroatoms. The third kappa shape index (κ3) is 4.69. The second kappa shape index (κ2) is 7.18. The Labute approximate surface area is 152 Å². The van der Waals surface area contributed by atoms with Crippen LogP contribution >= 0.6 is 0 Å². The molecule has 6 nitrogen and oxygen atoms in total. The first-order chi connectivity index (χ1) is 12.7. The van der Waals surface area contributed by atoms with Crippen molar-refractivity contribution < 1.29 is 32.2 Å². The molecule has 0 unspecified atom stereocenters. The third-order valence-corrected chi connectivity index (χ3v) is 3.86. The van der Waals surface area contributed by atoms with E-state index in [4.69, 9.17) is 4.74 Å². The molecule has 142 valence electrons. The summed E-state index contributed by atoms with van der Waals surface area (Å²) in [6, 6.07) is 9.61. The molecule has 1 heterocycles. The molecule has 2 aromatic carbocycles. The van der Waals surface area contributed by atoms with Crippen molar-refractivity contribution in [1.82, 2.24) is 4.90 Å². The van der Waals surface area contributed by atoms with E-state index in [1.807, 2.05) is 0 Å². The Morgan fingerprint density at radius 2 is 1.89 bits per heavy atom. The number of fused-ring (bicyclic) bond motifs is 1. The van der Waals surface area contributed by atoms with E-state index in [9.17, 15) is 22.8 Å². The summed E-state index contributed by atoms with van der Waals surface area (Å²) in [6.45, 7) is 0.256. The molecule has 0 radical (unpaired) electrons. The standard InChI is InChI=1S/C18H15F3N2O4/c1-23-9-12-3-2-11(8-15(12)26-10-16(23)24)17(25)22-13-4-6-14(7-5-13)27-18(19,20)21/h2-8H,9-10H2,1H3,(H,22,25). The van der Waals surface area contributed by atoms with Crippen LogP contribution in [0, 0.1) is 0 Å². The molecular weight excluding hydrogens is 365 g/mol. The first kappa shape index (κ1) is 18.6. The number of halogens is 3. The van der Waals surface area contributed by atoms with Gasteiger partial charge in [0.1, 0.15) is 11.5 Å². The fourth-order valence-electron chi connectivity index (χ4n) is 2.50. The maximum absolute atomic E-state index is 12.4. The zero-order valence-corrected chi connectivity index (χ0v) is 14.2. The Morgan fingerprint density at radius 1 is 1.19 bits per heavy atom. The maximum atomic E-state index is 12.4. The number of alkyl halides is 3. The Hall–Kier alpha value is -3.23. The number of amides is 2. The van der Waals surface area contributed by atoms with Gasteiger partial charge in [0.05, 0.1) is 0 Å². The summed E-state index contributed by atoms with van der Waals surface area (Å²) in [5, 5.41) is 2.58. The number of benzene rings is 2. The average Bonchev–Trinajstić information content (AvgIpc) is 2.74. The van der Waals surface area contributed by atoms with Gasteiger partial charge in [-0.15, -0.1) is 13.2 Å². The molecule has 2 aromatic rings. The number of likely N-dealkylation sites (N-methyl/N-ethyl adjacent to an activating group) is 1. The van der Waals surface area contributed by atoms with E-state index in [0.717, 1.165) is 17.7 Å². The zero-order valence-electron chi connectivity index (χ0n) is 14.2. The van der Waals surface area contributed by atoms with Crippen LogP contribution in [0.4, 0.5) is 18.9 Å². The molecule has 0 aromatic heterocycles. The van der Waals surface area contributed by atoms with Crippen molar-refractivity contribution in [3.63, 3.8) is 0 Å². The van der Waals surface area contributed by atoms with Gasteiger partial charge in [-0.25, -0.2) is 0 Å². The SMILES string of the molecule is CN1Cc2ccc(C(=O)Nc3ccc(OC(F)(F)F)cc3)cc2OCC1=O. The van der Waals surface area contributed by atoms with Crippen LogP contribution < -0.4 is 14.8 Å². The second-order valence-electron chi connectivity index (χ2n) is 5.89. The van der Waals surface area contributed by atoms with Gasteiger partial charge in [-0.1, -0.05) is 6.07 Å². The number of hydrogen-bond acceptors (Lipinski definition) is 4. The van der Waals surface area contributed by atoms with Gasteiger partial charge >= 0.3 is 6.36 Å². The van der Waals surface area contributed by atoms with Crippen LogP contribution in [0.1, 0.15) is 15.9 Å². The molecule has 3 rings (SSSR count). The van der Waals surface area contributed by atoms with Crippen LogP contribution in [0.3, 0.4) is 0 Å². The molecule has 2 amide bonds. The number of rotatable bonds is 3. The summed E-state index contributed by atoms with van der Waals surface area (Å²) in [6.07, 6.45) is -4.78. The monoisotopic (exact) mass is 380 g/mol. The number of carbonyl (C=O) groups excluding carboxylic acids is 2. The smallest absolute Gasteiger partial charge is 0.483 e. The second-order valence-corrected chi connectivity index (χ2v) is 5.89. The molecule has 0 spiro atoms. The van der Waals surface area contributed by atoms with E-state index in [1.165, 1.54) is 23.1 Å². The minimum Gasteiger partial charge on any atom is -0.483 e. The Kier molecular flexibility index (Phi) is 4.93. The maximum Gasteiger partial charge on any atom is 0.573 e. The van der Waals surface area contributed by atoms with Gasteiger partial charge < -0.3 is 19.7 Å². The topological polar surface area (TPSA) is 67.9 Å². The van der Waals surface area contributed by atoms with Crippen LogP contribution in [-0.2, 0) is 11.3 Å².